The molecule has 0 bridgehead atoms. The monoisotopic (exact) mass is 514 g/mol. The molecule has 190 valence electrons. The van der Waals surface area contributed by atoms with Crippen molar-refractivity contribution in [2.24, 2.45) is 0 Å². The molecule has 1 unspecified atom stereocenters. The molecular formula is C29H31ClN6O. The molecule has 1 aliphatic rings. The maximum Gasteiger partial charge on any atom is 0.156 e. The van der Waals surface area contributed by atoms with Gasteiger partial charge in [-0.3, -0.25) is 4.98 Å². The van der Waals surface area contributed by atoms with Crippen molar-refractivity contribution in [1.29, 1.82) is 0 Å². The van der Waals surface area contributed by atoms with E-state index in [1.807, 2.05) is 92.9 Å². The van der Waals surface area contributed by atoms with Crippen molar-refractivity contribution in [3.05, 3.63) is 101 Å². The molecule has 2 aromatic heterocycles. The van der Waals surface area contributed by atoms with Gasteiger partial charge in [0.2, 0.25) is 0 Å². The van der Waals surface area contributed by atoms with Gasteiger partial charge in [-0.15, -0.1) is 0 Å². The minimum absolute atomic E-state index is 0.605. The molecule has 4 aromatic rings. The average molecular weight is 515 g/mol. The molecule has 8 heteroatoms. The third kappa shape index (κ3) is 4.50. The number of rotatable bonds is 8. The third-order valence-corrected chi connectivity index (χ3v) is 7.28. The second-order valence-electron chi connectivity index (χ2n) is 9.28. The van der Waals surface area contributed by atoms with Gasteiger partial charge in [0.25, 0.3) is 0 Å². The fourth-order valence-electron chi connectivity index (χ4n) is 4.87. The van der Waals surface area contributed by atoms with Crippen LogP contribution in [0, 0.1) is 0 Å². The number of nitrogens with zero attached hydrogens (tertiary/aromatic N) is 4. The van der Waals surface area contributed by atoms with Crippen LogP contribution < -0.4 is 15.5 Å². The maximum atomic E-state index is 12.3. The summed E-state index contributed by atoms with van der Waals surface area (Å²) in [6.07, 6.45) is 5.25. The number of hydrogen-bond acceptors (Lipinski definition) is 7. The second kappa shape index (κ2) is 10.4. The molecule has 0 amide bonds. The van der Waals surface area contributed by atoms with Crippen molar-refractivity contribution in [2.45, 2.75) is 5.60 Å². The highest BCUT2D eigenvalue weighted by molar-refractivity contribution is 6.38. The number of hydrogen-bond donors (Lipinski definition) is 3. The molecule has 7 nitrogen and oxygen atoms in total. The summed E-state index contributed by atoms with van der Waals surface area (Å²) in [4.78, 5) is 13.3. The van der Waals surface area contributed by atoms with E-state index in [1.165, 1.54) is 0 Å². The van der Waals surface area contributed by atoms with Crippen molar-refractivity contribution in [3.8, 4) is 11.1 Å². The standard InChI is InChI=1S/C29H31ClN6O/c1-31-15-16-35(2)28-26(20-7-5-4-6-8-20)27(30)23-17-22(9-10-24(23)34-28)29(37,21-11-13-32-14-12-21)25-18-33-19-36(25)3/h4-14,17-18,31,33,37H,15-16,19H2,1-3H3. The molecule has 1 aliphatic heterocycles. The van der Waals surface area contributed by atoms with Gasteiger partial charge in [-0.2, -0.15) is 0 Å². The summed E-state index contributed by atoms with van der Waals surface area (Å²) >= 11 is 7.20. The van der Waals surface area contributed by atoms with Crippen LogP contribution in [0.15, 0.2) is 85.0 Å². The normalized spacial score (nSPS) is 14.8. The van der Waals surface area contributed by atoms with Crippen LogP contribution in [0.1, 0.15) is 11.1 Å². The number of aromatic nitrogens is 2. The Hall–Kier alpha value is -3.65. The van der Waals surface area contributed by atoms with Crippen LogP contribution >= 0.6 is 11.6 Å². The Morgan fingerprint density at radius 1 is 1.11 bits per heavy atom. The van der Waals surface area contributed by atoms with Crippen molar-refractivity contribution < 1.29 is 5.11 Å². The Bertz CT molecular complexity index is 1430. The van der Waals surface area contributed by atoms with E-state index in [1.54, 1.807) is 12.4 Å². The Labute approximate surface area is 222 Å². The molecule has 37 heavy (non-hydrogen) atoms. The van der Waals surface area contributed by atoms with E-state index in [0.29, 0.717) is 17.3 Å². The van der Waals surface area contributed by atoms with E-state index < -0.39 is 5.60 Å². The van der Waals surface area contributed by atoms with Gasteiger partial charge in [-0.05, 0) is 48.0 Å². The maximum absolute atomic E-state index is 12.3. The number of pyridine rings is 2. The summed E-state index contributed by atoms with van der Waals surface area (Å²) in [5, 5.41) is 20.2. The quantitative estimate of drug-likeness (QED) is 0.326. The van der Waals surface area contributed by atoms with Crippen LogP contribution in [0.5, 0.6) is 0 Å². The predicted octanol–water partition coefficient (Wildman–Crippen LogP) is 4.18. The van der Waals surface area contributed by atoms with Crippen LogP contribution in [0.3, 0.4) is 0 Å². The van der Waals surface area contributed by atoms with Crippen molar-refractivity contribution in [1.82, 2.24) is 25.5 Å². The highest BCUT2D eigenvalue weighted by Crippen LogP contribution is 2.44. The van der Waals surface area contributed by atoms with Crippen LogP contribution in [-0.4, -0.2) is 60.9 Å². The number of halogens is 1. The van der Waals surface area contributed by atoms with E-state index in [0.717, 1.165) is 52.2 Å². The third-order valence-electron chi connectivity index (χ3n) is 6.89. The van der Waals surface area contributed by atoms with Gasteiger partial charge in [-0.1, -0.05) is 48.0 Å². The van der Waals surface area contributed by atoms with Gasteiger partial charge in [0.15, 0.2) is 5.60 Å². The van der Waals surface area contributed by atoms with Crippen molar-refractivity contribution in [2.75, 3.05) is 45.8 Å². The fraction of sp³-hybridized carbons (Fsp3) is 0.241. The molecule has 3 N–H and O–H groups in total. The van der Waals surface area contributed by atoms with Gasteiger partial charge < -0.3 is 25.5 Å². The molecule has 0 saturated carbocycles. The minimum Gasteiger partial charge on any atom is -0.374 e. The second-order valence-corrected chi connectivity index (χ2v) is 9.66. The Morgan fingerprint density at radius 2 is 1.86 bits per heavy atom. The summed E-state index contributed by atoms with van der Waals surface area (Å²) < 4.78 is 0. The van der Waals surface area contributed by atoms with E-state index in [-0.39, 0.29) is 0 Å². The molecule has 0 fully saturated rings. The smallest absolute Gasteiger partial charge is 0.156 e. The van der Waals surface area contributed by atoms with Crippen LogP contribution in [-0.2, 0) is 5.60 Å². The highest BCUT2D eigenvalue weighted by Gasteiger charge is 2.40. The fourth-order valence-corrected chi connectivity index (χ4v) is 5.22. The van der Waals surface area contributed by atoms with Gasteiger partial charge in [0.05, 0.1) is 22.9 Å². The lowest BCUT2D eigenvalue weighted by molar-refractivity contribution is 0.0931. The summed E-state index contributed by atoms with van der Waals surface area (Å²) in [5.41, 5.74) is 3.39. The lowest BCUT2D eigenvalue weighted by atomic mass is 9.83. The van der Waals surface area contributed by atoms with Crippen LogP contribution in [0.2, 0.25) is 5.02 Å². The van der Waals surface area contributed by atoms with Gasteiger partial charge >= 0.3 is 0 Å². The molecule has 1 atom stereocenters. The van der Waals surface area contributed by atoms with Crippen molar-refractivity contribution >= 4 is 28.3 Å². The molecule has 0 radical (unpaired) electrons. The minimum atomic E-state index is -1.41. The largest absolute Gasteiger partial charge is 0.374 e. The highest BCUT2D eigenvalue weighted by atomic mass is 35.5. The number of anilines is 1. The summed E-state index contributed by atoms with van der Waals surface area (Å²) in [6, 6.07) is 19.6. The molecule has 0 spiro atoms. The Morgan fingerprint density at radius 3 is 2.54 bits per heavy atom. The number of nitrogens with one attached hydrogen (secondary N) is 2. The lowest BCUT2D eigenvalue weighted by Crippen LogP contribution is -2.36. The number of likely N-dealkylation sites (N-methyl/N-ethyl adjacent to an activating group) is 3. The molecule has 0 saturated heterocycles. The van der Waals surface area contributed by atoms with Crippen molar-refractivity contribution in [3.63, 3.8) is 0 Å². The van der Waals surface area contributed by atoms with Gasteiger partial charge in [-0.25, -0.2) is 4.98 Å². The van der Waals surface area contributed by atoms with E-state index in [2.05, 4.69) is 20.5 Å². The molecule has 3 heterocycles. The van der Waals surface area contributed by atoms with Gasteiger partial charge in [0.1, 0.15) is 5.82 Å². The number of fused-ring (bicyclic) bond motifs is 1. The zero-order chi connectivity index (χ0) is 26.0. The molecule has 0 aliphatic carbocycles. The molecular weight excluding hydrogens is 484 g/mol. The lowest BCUT2D eigenvalue weighted by Gasteiger charge is -2.34. The zero-order valence-corrected chi connectivity index (χ0v) is 22.0. The van der Waals surface area contributed by atoms with Crippen LogP contribution in [0.4, 0.5) is 5.82 Å². The first-order chi connectivity index (χ1) is 17.9. The molecule has 2 aromatic carbocycles. The number of aliphatic hydroxyl groups is 1. The summed E-state index contributed by atoms with van der Waals surface area (Å²) in [7, 11) is 5.92. The zero-order valence-electron chi connectivity index (χ0n) is 21.2. The van der Waals surface area contributed by atoms with Gasteiger partial charge in [0, 0.05) is 56.7 Å². The first kappa shape index (κ1) is 25.0. The first-order valence-corrected chi connectivity index (χ1v) is 12.7. The average Bonchev–Trinajstić information content (AvgIpc) is 3.38. The number of benzene rings is 2. The Balaban J connectivity index is 1.74. The summed E-state index contributed by atoms with van der Waals surface area (Å²) in [5.74, 6) is 0.818. The van der Waals surface area contributed by atoms with Crippen LogP contribution in [0.25, 0.3) is 22.0 Å². The van der Waals surface area contributed by atoms with E-state index in [9.17, 15) is 5.11 Å². The summed E-state index contributed by atoms with van der Waals surface area (Å²) in [6.45, 7) is 2.20. The topological polar surface area (TPSA) is 76.6 Å². The van der Waals surface area contributed by atoms with E-state index in [4.69, 9.17) is 16.6 Å². The SMILES string of the molecule is CNCCN(C)c1nc2ccc(C(O)(C3=CNCN3C)c3ccncc3)cc2c(Cl)c1-c1ccccc1. The first-order valence-electron chi connectivity index (χ1n) is 12.3. The van der Waals surface area contributed by atoms with E-state index >= 15 is 0 Å². The predicted molar refractivity (Wildman–Crippen MR) is 150 cm³/mol. The Kier molecular flexibility index (Phi) is 7.02. The molecule has 5 rings (SSSR count).